The average molecular weight is 345 g/mol. The zero-order valence-electron chi connectivity index (χ0n) is 12.6. The molecule has 0 saturated heterocycles. The molecule has 4 rings (SSSR count). The van der Waals surface area contributed by atoms with Crippen molar-refractivity contribution in [2.45, 2.75) is 18.4 Å². The van der Waals surface area contributed by atoms with E-state index in [1.807, 2.05) is 6.07 Å². The van der Waals surface area contributed by atoms with Gasteiger partial charge in [-0.25, -0.2) is 4.39 Å². The summed E-state index contributed by atoms with van der Waals surface area (Å²) in [6, 6.07) is 9.66. The van der Waals surface area contributed by atoms with E-state index < -0.39 is 4.92 Å². The van der Waals surface area contributed by atoms with Gasteiger partial charge in [-0.3, -0.25) is 10.1 Å². The minimum Gasteiger partial charge on any atom is -0.375 e. The molecular formula is C18H14ClFN2O2. The molecule has 1 heterocycles. The van der Waals surface area contributed by atoms with Gasteiger partial charge in [0.2, 0.25) is 0 Å². The smallest absolute Gasteiger partial charge is 0.288 e. The topological polar surface area (TPSA) is 55.2 Å². The third-order valence-electron chi connectivity index (χ3n) is 4.87. The molecule has 1 aliphatic carbocycles. The zero-order chi connectivity index (χ0) is 16.8. The lowest BCUT2D eigenvalue weighted by atomic mass is 9.77. The lowest BCUT2D eigenvalue weighted by molar-refractivity contribution is -0.384. The van der Waals surface area contributed by atoms with Gasteiger partial charge in [0.15, 0.2) is 0 Å². The van der Waals surface area contributed by atoms with Crippen LogP contribution in [0.15, 0.2) is 48.6 Å². The van der Waals surface area contributed by atoms with E-state index >= 15 is 0 Å². The number of allylic oxidation sites excluding steroid dienone is 2. The van der Waals surface area contributed by atoms with Crippen molar-refractivity contribution in [3.63, 3.8) is 0 Å². The van der Waals surface area contributed by atoms with E-state index in [4.69, 9.17) is 11.6 Å². The molecule has 1 aliphatic heterocycles. The minimum absolute atomic E-state index is 0.104. The number of benzene rings is 2. The van der Waals surface area contributed by atoms with Gasteiger partial charge in [-0.1, -0.05) is 42.0 Å². The average Bonchev–Trinajstić information content (AvgIpc) is 3.05. The van der Waals surface area contributed by atoms with Crippen LogP contribution in [0.25, 0.3) is 0 Å². The molecule has 2 aromatic carbocycles. The third-order valence-corrected chi connectivity index (χ3v) is 5.19. The molecule has 0 aromatic heterocycles. The summed E-state index contributed by atoms with van der Waals surface area (Å²) in [5.41, 5.74) is 2.04. The Hall–Kier alpha value is -2.40. The first-order chi connectivity index (χ1) is 11.6. The Morgan fingerprint density at radius 3 is 2.92 bits per heavy atom. The van der Waals surface area contributed by atoms with Gasteiger partial charge in [0.25, 0.3) is 5.69 Å². The SMILES string of the molecule is O=[N+]([O-])c1cc(C2Nc3c(F)cccc3C3C=CCC32)ccc1Cl. The molecule has 0 fully saturated rings. The Morgan fingerprint density at radius 2 is 2.12 bits per heavy atom. The van der Waals surface area contributed by atoms with E-state index in [-0.39, 0.29) is 34.4 Å². The van der Waals surface area contributed by atoms with Crippen LogP contribution >= 0.6 is 11.6 Å². The lowest BCUT2D eigenvalue weighted by Gasteiger charge is -2.37. The highest BCUT2D eigenvalue weighted by molar-refractivity contribution is 6.32. The van der Waals surface area contributed by atoms with Gasteiger partial charge in [0.05, 0.1) is 16.7 Å². The fourth-order valence-corrected chi connectivity index (χ4v) is 3.96. The molecule has 2 aliphatic rings. The number of nitro groups is 1. The highest BCUT2D eigenvalue weighted by atomic mass is 35.5. The summed E-state index contributed by atoms with van der Waals surface area (Å²) in [5, 5.41) is 14.5. The molecule has 24 heavy (non-hydrogen) atoms. The second-order valence-electron chi connectivity index (χ2n) is 6.15. The maximum absolute atomic E-state index is 14.3. The number of nitrogens with zero attached hydrogens (tertiary/aromatic N) is 1. The van der Waals surface area contributed by atoms with Crippen LogP contribution in [-0.4, -0.2) is 4.92 Å². The number of halogens is 2. The minimum atomic E-state index is -0.492. The van der Waals surface area contributed by atoms with Gasteiger partial charge in [-0.05, 0) is 35.6 Å². The van der Waals surface area contributed by atoms with Crippen molar-refractivity contribution in [1.29, 1.82) is 0 Å². The fraction of sp³-hybridized carbons (Fsp3) is 0.222. The number of anilines is 1. The normalized spacial score (nSPS) is 24.2. The molecular weight excluding hydrogens is 331 g/mol. The van der Waals surface area contributed by atoms with Crippen molar-refractivity contribution in [3.8, 4) is 0 Å². The van der Waals surface area contributed by atoms with E-state index in [1.54, 1.807) is 12.1 Å². The summed E-state index contributed by atoms with van der Waals surface area (Å²) in [7, 11) is 0. The molecule has 6 heteroatoms. The zero-order valence-corrected chi connectivity index (χ0v) is 13.3. The van der Waals surface area contributed by atoms with E-state index in [9.17, 15) is 14.5 Å². The maximum atomic E-state index is 14.3. The monoisotopic (exact) mass is 344 g/mol. The van der Waals surface area contributed by atoms with Crippen molar-refractivity contribution in [2.75, 3.05) is 5.32 Å². The summed E-state index contributed by atoms with van der Waals surface area (Å²) >= 11 is 5.91. The molecule has 0 radical (unpaired) electrons. The van der Waals surface area contributed by atoms with Crippen LogP contribution in [0.2, 0.25) is 5.02 Å². The number of fused-ring (bicyclic) bond motifs is 3. The lowest BCUT2D eigenvalue weighted by Crippen LogP contribution is -2.29. The van der Waals surface area contributed by atoms with Crippen LogP contribution in [0.3, 0.4) is 0 Å². The van der Waals surface area contributed by atoms with Gasteiger partial charge in [0, 0.05) is 12.0 Å². The largest absolute Gasteiger partial charge is 0.375 e. The quantitative estimate of drug-likeness (QED) is 0.462. The van der Waals surface area contributed by atoms with Crippen molar-refractivity contribution in [3.05, 3.63) is 80.6 Å². The Kier molecular flexibility index (Phi) is 3.53. The second kappa shape index (κ2) is 5.60. The number of nitro benzene ring substituents is 1. The van der Waals surface area contributed by atoms with Gasteiger partial charge < -0.3 is 5.32 Å². The van der Waals surface area contributed by atoms with Gasteiger partial charge >= 0.3 is 0 Å². The summed E-state index contributed by atoms with van der Waals surface area (Å²) in [4.78, 5) is 10.7. The van der Waals surface area contributed by atoms with Crippen LogP contribution in [0.4, 0.5) is 15.8 Å². The van der Waals surface area contributed by atoms with E-state index in [0.717, 1.165) is 17.5 Å². The Morgan fingerprint density at radius 1 is 1.29 bits per heavy atom. The third kappa shape index (κ3) is 2.27. The molecule has 0 spiro atoms. The molecule has 2 aromatic rings. The van der Waals surface area contributed by atoms with Gasteiger partial charge in [-0.15, -0.1) is 0 Å². The second-order valence-corrected chi connectivity index (χ2v) is 6.55. The summed E-state index contributed by atoms with van der Waals surface area (Å²) in [6.45, 7) is 0. The van der Waals surface area contributed by atoms with E-state index in [2.05, 4.69) is 17.5 Å². The first-order valence-corrected chi connectivity index (χ1v) is 8.09. The summed E-state index contributed by atoms with van der Waals surface area (Å²) in [5.74, 6) is -0.00326. The van der Waals surface area contributed by atoms with E-state index in [1.165, 1.54) is 18.2 Å². The van der Waals surface area contributed by atoms with Crippen molar-refractivity contribution < 1.29 is 9.31 Å². The standard InChI is InChI=1S/C18H14ClFN2O2/c19-14-8-7-10(9-16(14)22(23)24)17-12-4-1-3-11(12)13-5-2-6-15(20)18(13)21-17/h1-3,5-9,11-12,17,21H,4H2. The molecule has 0 saturated carbocycles. The molecule has 0 amide bonds. The molecule has 0 bridgehead atoms. The number of para-hydroxylation sites is 1. The van der Waals surface area contributed by atoms with Crippen molar-refractivity contribution >= 4 is 23.0 Å². The molecule has 3 atom stereocenters. The molecule has 4 nitrogen and oxygen atoms in total. The van der Waals surface area contributed by atoms with Crippen LogP contribution in [0.1, 0.15) is 29.5 Å². The first-order valence-electron chi connectivity index (χ1n) is 7.71. The Balaban J connectivity index is 1.81. The Bertz CT molecular complexity index is 868. The predicted octanol–water partition coefficient (Wildman–Crippen LogP) is 5.21. The van der Waals surface area contributed by atoms with Crippen LogP contribution in [-0.2, 0) is 0 Å². The Labute approximate surface area is 143 Å². The fourth-order valence-electron chi connectivity index (χ4n) is 3.78. The van der Waals surface area contributed by atoms with Crippen molar-refractivity contribution in [2.24, 2.45) is 5.92 Å². The predicted molar refractivity (Wildman–Crippen MR) is 90.9 cm³/mol. The summed E-state index contributed by atoms with van der Waals surface area (Å²) in [6.07, 6.45) is 5.03. The highest BCUT2D eigenvalue weighted by Gasteiger charge is 2.39. The van der Waals surface area contributed by atoms with Gasteiger partial charge in [0.1, 0.15) is 10.8 Å². The summed E-state index contributed by atoms with van der Waals surface area (Å²) < 4.78 is 14.3. The molecule has 3 unspecified atom stereocenters. The van der Waals surface area contributed by atoms with Crippen LogP contribution < -0.4 is 5.32 Å². The van der Waals surface area contributed by atoms with E-state index in [0.29, 0.717) is 5.69 Å². The number of nitrogens with one attached hydrogen (secondary N) is 1. The van der Waals surface area contributed by atoms with Crippen molar-refractivity contribution in [1.82, 2.24) is 0 Å². The molecule has 1 N–H and O–H groups in total. The first kappa shape index (κ1) is 15.1. The highest BCUT2D eigenvalue weighted by Crippen LogP contribution is 2.50. The number of hydrogen-bond donors (Lipinski definition) is 1. The van der Waals surface area contributed by atoms with Crippen LogP contribution in [0, 0.1) is 21.8 Å². The number of hydrogen-bond acceptors (Lipinski definition) is 3. The molecule has 122 valence electrons. The number of rotatable bonds is 2. The van der Waals surface area contributed by atoms with Crippen LogP contribution in [0.5, 0.6) is 0 Å². The van der Waals surface area contributed by atoms with Gasteiger partial charge in [-0.2, -0.15) is 0 Å². The maximum Gasteiger partial charge on any atom is 0.288 e.